The Bertz CT molecular complexity index is 1440. The Morgan fingerprint density at radius 2 is 1.81 bits per heavy atom. The van der Waals surface area contributed by atoms with Crippen LogP contribution in [-0.4, -0.2) is 16.0 Å². The third-order valence-electron chi connectivity index (χ3n) is 4.65. The number of hydrogen-bond acceptors (Lipinski definition) is 6. The second-order valence-electron chi connectivity index (χ2n) is 7.19. The lowest BCUT2D eigenvalue weighted by Crippen LogP contribution is -2.19. The Kier molecular flexibility index (Phi) is 7.25. The number of hydrogen-bond donors (Lipinski definition) is 1. The van der Waals surface area contributed by atoms with Crippen molar-refractivity contribution >= 4 is 63.5 Å². The Morgan fingerprint density at radius 1 is 1.06 bits per heavy atom. The van der Waals surface area contributed by atoms with E-state index < -0.39 is 28.1 Å². The van der Waals surface area contributed by atoms with Crippen LogP contribution in [0.2, 0.25) is 10.0 Å². The van der Waals surface area contributed by atoms with Gasteiger partial charge in [-0.15, -0.1) is 0 Å². The molecule has 1 aliphatic rings. The highest BCUT2D eigenvalue weighted by Gasteiger charge is 2.33. The lowest BCUT2D eigenvalue weighted by Gasteiger charge is -2.11. The highest BCUT2D eigenvalue weighted by molar-refractivity contribution is 8.18. The predicted molar refractivity (Wildman–Crippen MR) is 132 cm³/mol. The number of alkyl halides is 3. The number of ether oxygens (including phenoxy) is 1. The van der Waals surface area contributed by atoms with E-state index in [1.807, 2.05) is 0 Å². The van der Waals surface area contributed by atoms with Crippen LogP contribution in [0.15, 0.2) is 70.6 Å². The molecule has 7 nitrogen and oxygen atoms in total. The van der Waals surface area contributed by atoms with E-state index >= 15 is 0 Å². The third-order valence-corrected chi connectivity index (χ3v) is 6.09. The Morgan fingerprint density at radius 3 is 2.47 bits per heavy atom. The number of carbonyl (C=O) groups is 1. The van der Waals surface area contributed by atoms with E-state index in [9.17, 15) is 28.1 Å². The zero-order valence-corrected chi connectivity index (χ0v) is 20.0. The van der Waals surface area contributed by atoms with Crippen molar-refractivity contribution in [1.82, 2.24) is 5.32 Å². The van der Waals surface area contributed by atoms with Crippen molar-refractivity contribution in [3.63, 3.8) is 0 Å². The highest BCUT2D eigenvalue weighted by Crippen LogP contribution is 2.40. The Balaban J connectivity index is 1.55. The molecule has 1 fully saturated rings. The molecule has 1 N–H and O–H groups in total. The number of rotatable bonds is 5. The Hall–Kier alpha value is -3.54. The van der Waals surface area contributed by atoms with Crippen molar-refractivity contribution in [3.8, 4) is 11.5 Å². The Labute approximate surface area is 215 Å². The molecule has 1 saturated heterocycles. The largest absolute Gasteiger partial charge is 0.449 e. The number of nitrogens with zero attached hydrogens (tertiary/aromatic N) is 2. The number of thioether (sulfide) groups is 1. The molecule has 0 radical (unpaired) electrons. The molecule has 1 heterocycles. The van der Waals surface area contributed by atoms with Crippen molar-refractivity contribution in [2.75, 3.05) is 0 Å². The quantitative estimate of drug-likeness (QED) is 0.199. The molecular formula is C23H12Cl2F3N3O4S. The number of carbonyl (C=O) groups excluding carboxylic acids is 1. The van der Waals surface area contributed by atoms with Crippen LogP contribution in [0, 0.1) is 10.1 Å². The number of amides is 1. The van der Waals surface area contributed by atoms with Gasteiger partial charge in [-0.2, -0.15) is 13.2 Å². The molecule has 3 aromatic rings. The topological polar surface area (TPSA) is 93.8 Å². The molecule has 184 valence electrons. The van der Waals surface area contributed by atoms with E-state index in [4.69, 9.17) is 27.9 Å². The zero-order valence-electron chi connectivity index (χ0n) is 17.7. The van der Waals surface area contributed by atoms with Gasteiger partial charge in [0, 0.05) is 11.1 Å². The number of nitro groups is 1. The summed E-state index contributed by atoms with van der Waals surface area (Å²) >= 11 is 13.3. The fraction of sp³-hybridized carbons (Fsp3) is 0.0435. The second-order valence-corrected chi connectivity index (χ2v) is 9.07. The summed E-state index contributed by atoms with van der Waals surface area (Å²) in [5, 5.41) is 14.8. The minimum Gasteiger partial charge on any atom is -0.449 e. The molecule has 3 aromatic carbocycles. The predicted octanol–water partition coefficient (Wildman–Crippen LogP) is 7.60. The molecule has 13 heteroatoms. The van der Waals surface area contributed by atoms with Crippen LogP contribution in [0.4, 0.5) is 24.5 Å². The average molecular weight is 554 g/mol. The van der Waals surface area contributed by atoms with Gasteiger partial charge in [-0.1, -0.05) is 35.3 Å². The van der Waals surface area contributed by atoms with Crippen LogP contribution in [-0.2, 0) is 11.0 Å². The fourth-order valence-corrected chi connectivity index (χ4v) is 4.28. The molecule has 0 spiro atoms. The number of nitrogens with one attached hydrogen (secondary N) is 1. The smallest absolute Gasteiger partial charge is 0.416 e. The van der Waals surface area contributed by atoms with E-state index in [2.05, 4.69) is 10.3 Å². The van der Waals surface area contributed by atoms with Gasteiger partial charge in [0.05, 0.1) is 26.1 Å². The summed E-state index contributed by atoms with van der Waals surface area (Å²) in [4.78, 5) is 27.3. The number of nitro benzene ring substituents is 1. The van der Waals surface area contributed by atoms with E-state index in [0.29, 0.717) is 38.5 Å². The molecule has 1 aliphatic heterocycles. The third kappa shape index (κ3) is 5.99. The first-order valence-electron chi connectivity index (χ1n) is 9.88. The zero-order chi connectivity index (χ0) is 26.0. The van der Waals surface area contributed by atoms with Crippen LogP contribution in [0.5, 0.6) is 11.5 Å². The number of benzene rings is 3. The molecule has 36 heavy (non-hydrogen) atoms. The molecule has 0 unspecified atom stereocenters. The first-order chi connectivity index (χ1) is 17.0. The van der Waals surface area contributed by atoms with E-state index in [1.54, 1.807) is 30.3 Å². The minimum absolute atomic E-state index is 0.0200. The standard InChI is InChI=1S/C23H12Cl2F3N3O4S/c24-14-2-1-3-15(11-14)29-22-30-21(32)20(36-22)9-12-4-6-18(16(25)8-12)35-19-7-5-13(23(26,27)28)10-17(19)31(33)34/h1-11H,(H,29,30,32)/b20-9-. The van der Waals surface area contributed by atoms with E-state index in [1.165, 1.54) is 18.2 Å². The maximum absolute atomic E-state index is 12.9. The van der Waals surface area contributed by atoms with E-state index in [0.717, 1.165) is 17.8 Å². The number of aliphatic imine (C=N–C) groups is 1. The van der Waals surface area contributed by atoms with Crippen LogP contribution >= 0.6 is 35.0 Å². The number of amidine groups is 1. The summed E-state index contributed by atoms with van der Waals surface area (Å²) in [7, 11) is 0. The normalized spacial score (nSPS) is 15.9. The molecule has 0 atom stereocenters. The van der Waals surface area contributed by atoms with Crippen molar-refractivity contribution in [2.24, 2.45) is 4.99 Å². The van der Waals surface area contributed by atoms with Gasteiger partial charge in [0.1, 0.15) is 5.75 Å². The molecule has 0 saturated carbocycles. The van der Waals surface area contributed by atoms with Crippen LogP contribution in [0.1, 0.15) is 11.1 Å². The van der Waals surface area contributed by atoms with Gasteiger partial charge in [0.2, 0.25) is 5.75 Å². The fourth-order valence-electron chi connectivity index (χ4n) is 3.03. The van der Waals surface area contributed by atoms with Crippen LogP contribution in [0.25, 0.3) is 6.08 Å². The van der Waals surface area contributed by atoms with Crippen LogP contribution < -0.4 is 10.1 Å². The maximum atomic E-state index is 12.9. The first-order valence-corrected chi connectivity index (χ1v) is 11.4. The van der Waals surface area contributed by atoms with Gasteiger partial charge in [-0.3, -0.25) is 14.9 Å². The van der Waals surface area contributed by atoms with Gasteiger partial charge in [-0.25, -0.2) is 4.99 Å². The molecular weight excluding hydrogens is 542 g/mol. The van der Waals surface area contributed by atoms with Gasteiger partial charge >= 0.3 is 11.9 Å². The summed E-state index contributed by atoms with van der Waals surface area (Å²) in [6.45, 7) is 0. The maximum Gasteiger partial charge on any atom is 0.416 e. The molecule has 1 amide bonds. The lowest BCUT2D eigenvalue weighted by molar-refractivity contribution is -0.385. The van der Waals surface area contributed by atoms with Gasteiger partial charge in [-0.05, 0) is 65.9 Å². The molecule has 0 aliphatic carbocycles. The monoisotopic (exact) mass is 553 g/mol. The van der Waals surface area contributed by atoms with Gasteiger partial charge in [0.25, 0.3) is 5.91 Å². The van der Waals surface area contributed by atoms with Crippen molar-refractivity contribution in [1.29, 1.82) is 0 Å². The lowest BCUT2D eigenvalue weighted by atomic mass is 10.1. The minimum atomic E-state index is -4.75. The highest BCUT2D eigenvalue weighted by atomic mass is 35.5. The summed E-state index contributed by atoms with van der Waals surface area (Å²) in [6, 6.07) is 13.1. The van der Waals surface area contributed by atoms with Crippen molar-refractivity contribution < 1.29 is 27.6 Å². The summed E-state index contributed by atoms with van der Waals surface area (Å²) < 4.78 is 44.2. The number of halogens is 5. The summed E-state index contributed by atoms with van der Waals surface area (Å²) in [5.41, 5.74) is -0.970. The second kappa shape index (κ2) is 10.2. The van der Waals surface area contributed by atoms with E-state index in [-0.39, 0.29) is 16.7 Å². The average Bonchev–Trinajstić information content (AvgIpc) is 3.13. The van der Waals surface area contributed by atoms with Crippen molar-refractivity contribution in [3.05, 3.63) is 96.9 Å². The SMILES string of the molecule is O=C1NC(=Nc2cccc(Cl)c2)S/C1=C\c1ccc(Oc2ccc(C(F)(F)F)cc2[N+](=O)[O-])c(Cl)c1. The molecule has 4 rings (SSSR count). The molecule has 0 aromatic heterocycles. The van der Waals surface area contributed by atoms with Crippen LogP contribution in [0.3, 0.4) is 0 Å². The van der Waals surface area contributed by atoms with Gasteiger partial charge in [0.15, 0.2) is 5.17 Å². The summed E-state index contributed by atoms with van der Waals surface area (Å²) in [5.74, 6) is -0.806. The first kappa shape index (κ1) is 25.5. The van der Waals surface area contributed by atoms with Crippen molar-refractivity contribution in [2.45, 2.75) is 6.18 Å². The summed E-state index contributed by atoms with van der Waals surface area (Å²) in [6.07, 6.45) is -3.20. The van der Waals surface area contributed by atoms with Gasteiger partial charge < -0.3 is 10.1 Å². The molecule has 0 bridgehead atoms.